The fraction of sp³-hybridized carbons (Fsp3) is 0.733. The van der Waals surface area contributed by atoms with E-state index in [9.17, 15) is 14.7 Å². The van der Waals surface area contributed by atoms with Crippen LogP contribution in [0.15, 0.2) is 12.2 Å². The molecule has 0 unspecified atom stereocenters. The van der Waals surface area contributed by atoms with Crippen LogP contribution >= 0.6 is 12.6 Å². The van der Waals surface area contributed by atoms with E-state index in [0.29, 0.717) is 12.0 Å². The van der Waals surface area contributed by atoms with Crippen molar-refractivity contribution in [1.82, 2.24) is 10.6 Å². The molecular weight excluding hydrogens is 336 g/mol. The Kier molecular flexibility index (Phi) is 3.82. The lowest BCUT2D eigenvalue weighted by Gasteiger charge is -2.50. The highest BCUT2D eigenvalue weighted by atomic mass is 32.1. The number of aliphatic hydroxyl groups is 1. The molecule has 4 fully saturated rings. The molecular formula is C15H22N2O6S. The second kappa shape index (κ2) is 5.18. The Labute approximate surface area is 145 Å². The maximum Gasteiger partial charge on any atom is 0.278 e. The Balaban J connectivity index is 1.98. The molecule has 134 valence electrons. The van der Waals surface area contributed by atoms with Crippen LogP contribution in [0.5, 0.6) is 0 Å². The second-order valence-electron chi connectivity index (χ2n) is 7.06. The van der Waals surface area contributed by atoms with Gasteiger partial charge < -0.3 is 30.0 Å². The van der Waals surface area contributed by atoms with Crippen LogP contribution in [-0.2, 0) is 23.8 Å². The van der Waals surface area contributed by atoms with E-state index < -0.39 is 39.9 Å². The molecule has 0 saturated carbocycles. The minimum absolute atomic E-state index is 0.0359. The number of rotatable bonds is 2. The molecule has 4 saturated heterocycles. The van der Waals surface area contributed by atoms with Crippen LogP contribution < -0.4 is 10.6 Å². The summed E-state index contributed by atoms with van der Waals surface area (Å²) in [6, 6.07) is 0. The summed E-state index contributed by atoms with van der Waals surface area (Å²) < 4.78 is 16.9. The van der Waals surface area contributed by atoms with Crippen LogP contribution in [0.4, 0.5) is 0 Å². The van der Waals surface area contributed by atoms with E-state index in [1.54, 1.807) is 20.8 Å². The molecule has 0 aromatic heterocycles. The second-order valence-corrected chi connectivity index (χ2v) is 7.73. The van der Waals surface area contributed by atoms with E-state index in [0.717, 1.165) is 0 Å². The number of aliphatic hydroxyl groups excluding tert-OH is 1. The summed E-state index contributed by atoms with van der Waals surface area (Å²) in [7, 11) is 0. The van der Waals surface area contributed by atoms with Gasteiger partial charge in [0.2, 0.25) is 0 Å². The average Bonchev–Trinajstić information content (AvgIpc) is 2.77. The van der Waals surface area contributed by atoms with Gasteiger partial charge in [-0.3, -0.25) is 9.59 Å². The van der Waals surface area contributed by atoms with E-state index in [1.165, 1.54) is 0 Å². The Bertz CT molecular complexity index is 625. The van der Waals surface area contributed by atoms with Gasteiger partial charge in [-0.25, -0.2) is 0 Å². The maximum atomic E-state index is 12.8. The Hall–Kier alpha value is -1.13. The van der Waals surface area contributed by atoms with E-state index >= 15 is 0 Å². The number of carbonyl (C=O) groups is 2. The minimum Gasteiger partial charge on any atom is -0.384 e. The molecule has 2 bridgehead atoms. The van der Waals surface area contributed by atoms with Crippen molar-refractivity contribution >= 4 is 24.4 Å². The lowest BCUT2D eigenvalue weighted by Crippen LogP contribution is -2.81. The zero-order chi connectivity index (χ0) is 18.0. The van der Waals surface area contributed by atoms with Crippen molar-refractivity contribution in [3.63, 3.8) is 0 Å². The largest absolute Gasteiger partial charge is 0.384 e. The highest BCUT2D eigenvalue weighted by molar-refractivity contribution is 7.83. The van der Waals surface area contributed by atoms with Gasteiger partial charge >= 0.3 is 0 Å². The molecule has 4 rings (SSSR count). The normalized spacial score (nSPS) is 43.0. The number of amides is 2. The van der Waals surface area contributed by atoms with Gasteiger partial charge in [-0.2, -0.15) is 0 Å². The third-order valence-electron chi connectivity index (χ3n) is 4.65. The third-order valence-corrected chi connectivity index (χ3v) is 5.28. The Morgan fingerprint density at radius 3 is 2.46 bits per heavy atom. The summed E-state index contributed by atoms with van der Waals surface area (Å²) in [4.78, 5) is 23.8. The zero-order valence-electron chi connectivity index (χ0n) is 13.8. The number of carbonyl (C=O) groups excluding carboxylic acids is 2. The Morgan fingerprint density at radius 2 is 1.88 bits per heavy atom. The molecule has 24 heavy (non-hydrogen) atoms. The third kappa shape index (κ3) is 2.38. The van der Waals surface area contributed by atoms with E-state index in [1.807, 2.05) is 0 Å². The molecule has 4 aliphatic rings. The van der Waals surface area contributed by atoms with Gasteiger partial charge in [0.15, 0.2) is 10.7 Å². The Morgan fingerprint density at radius 1 is 1.21 bits per heavy atom. The highest BCUT2D eigenvalue weighted by Crippen LogP contribution is 2.40. The number of hydrogen-bond acceptors (Lipinski definition) is 7. The van der Waals surface area contributed by atoms with Gasteiger partial charge in [0, 0.05) is 0 Å². The lowest BCUT2D eigenvalue weighted by molar-refractivity contribution is -0.233. The van der Waals surface area contributed by atoms with Crippen LogP contribution in [-0.4, -0.2) is 58.2 Å². The maximum absolute atomic E-state index is 12.8. The summed E-state index contributed by atoms with van der Waals surface area (Å²) >= 11 is 4.28. The van der Waals surface area contributed by atoms with Crippen molar-refractivity contribution in [2.75, 3.05) is 13.2 Å². The van der Waals surface area contributed by atoms with Gasteiger partial charge in [0.05, 0.1) is 13.2 Å². The number of piperazine rings is 1. The van der Waals surface area contributed by atoms with Crippen LogP contribution in [0, 0.1) is 0 Å². The molecule has 4 atom stereocenters. The first-order valence-electron chi connectivity index (χ1n) is 7.67. The van der Waals surface area contributed by atoms with Crippen molar-refractivity contribution in [2.45, 2.75) is 55.3 Å². The molecule has 3 N–H and O–H groups in total. The number of thiol groups is 1. The highest BCUT2D eigenvalue weighted by Gasteiger charge is 2.65. The SMILES string of the molecule is C=C1CCO[C@]2([C@@H](O)[C@@]3(C)COC(C)(C)O3)NC(=O)[C@@]1(S)NC2=O. The molecule has 0 spiro atoms. The van der Waals surface area contributed by atoms with Crippen LogP contribution in [0.25, 0.3) is 0 Å². The summed E-state index contributed by atoms with van der Waals surface area (Å²) in [5.41, 5.74) is -2.82. The molecule has 0 aliphatic carbocycles. The van der Waals surface area contributed by atoms with Gasteiger partial charge in [0.1, 0.15) is 11.7 Å². The van der Waals surface area contributed by atoms with Crippen LogP contribution in [0.3, 0.4) is 0 Å². The molecule has 0 aromatic rings. The van der Waals surface area contributed by atoms with Gasteiger partial charge in [-0.15, -0.1) is 12.6 Å². The molecule has 0 aromatic carbocycles. The molecule has 4 heterocycles. The van der Waals surface area contributed by atoms with Gasteiger partial charge in [-0.05, 0) is 32.8 Å². The van der Waals surface area contributed by atoms with E-state index in [4.69, 9.17) is 14.2 Å². The summed E-state index contributed by atoms with van der Waals surface area (Å²) in [5, 5.41) is 15.9. The van der Waals surface area contributed by atoms with Crippen molar-refractivity contribution in [3.8, 4) is 0 Å². The number of fused-ring (bicyclic) bond motifs is 5. The smallest absolute Gasteiger partial charge is 0.278 e. The van der Waals surface area contributed by atoms with Gasteiger partial charge in [-0.1, -0.05) is 6.58 Å². The van der Waals surface area contributed by atoms with E-state index in [2.05, 4.69) is 29.8 Å². The molecule has 9 heteroatoms. The predicted octanol–water partition coefficient (Wildman–Crippen LogP) is -0.566. The standard InChI is InChI=1S/C15H22N2O6S/c1-8-5-6-21-14(10(19)17-15(8,24)11(20)16-14)9(18)13(4)7-22-12(2,3)23-13/h9,18,24H,1,5-7H2,2-4H3,(H,16,20)(H,17,19)/t9-,13+,14-,15+/m0/s1. The quantitative estimate of drug-likeness (QED) is 0.389. The summed E-state index contributed by atoms with van der Waals surface area (Å²) in [6.45, 7) is 8.91. The van der Waals surface area contributed by atoms with Crippen LogP contribution in [0.1, 0.15) is 27.2 Å². The van der Waals surface area contributed by atoms with Crippen molar-refractivity contribution in [2.24, 2.45) is 0 Å². The predicted molar refractivity (Wildman–Crippen MR) is 86.0 cm³/mol. The van der Waals surface area contributed by atoms with Crippen molar-refractivity contribution < 1.29 is 28.9 Å². The van der Waals surface area contributed by atoms with Gasteiger partial charge in [0.25, 0.3) is 17.5 Å². The number of ether oxygens (including phenoxy) is 3. The fourth-order valence-corrected chi connectivity index (χ4v) is 3.54. The number of hydrogen-bond donors (Lipinski definition) is 4. The monoisotopic (exact) mass is 358 g/mol. The summed E-state index contributed by atoms with van der Waals surface area (Å²) in [6.07, 6.45) is -1.19. The minimum atomic E-state index is -1.98. The first-order valence-corrected chi connectivity index (χ1v) is 8.12. The van der Waals surface area contributed by atoms with Crippen molar-refractivity contribution in [1.29, 1.82) is 0 Å². The molecule has 2 amide bonds. The zero-order valence-corrected chi connectivity index (χ0v) is 14.7. The number of nitrogens with one attached hydrogen (secondary N) is 2. The van der Waals surface area contributed by atoms with Crippen molar-refractivity contribution in [3.05, 3.63) is 12.2 Å². The molecule has 0 radical (unpaired) electrons. The van der Waals surface area contributed by atoms with E-state index in [-0.39, 0.29) is 13.2 Å². The lowest BCUT2D eigenvalue weighted by atomic mass is 9.86. The van der Waals surface area contributed by atoms with Crippen LogP contribution in [0.2, 0.25) is 0 Å². The summed E-state index contributed by atoms with van der Waals surface area (Å²) in [5.74, 6) is -2.25. The molecule has 4 aliphatic heterocycles. The topological polar surface area (TPSA) is 106 Å². The first kappa shape index (κ1) is 17.7. The molecule has 8 nitrogen and oxygen atoms in total. The first-order chi connectivity index (χ1) is 11.0. The average molecular weight is 358 g/mol. The fourth-order valence-electron chi connectivity index (χ4n) is 3.27.